The van der Waals surface area contributed by atoms with Crippen LogP contribution in [0.5, 0.6) is 0 Å². The van der Waals surface area contributed by atoms with Crippen LogP contribution in [0, 0.1) is 0 Å². The lowest BCUT2D eigenvalue weighted by molar-refractivity contribution is -0.131. The van der Waals surface area contributed by atoms with Crippen LogP contribution in [0.3, 0.4) is 0 Å². The fourth-order valence-corrected chi connectivity index (χ4v) is 2.11. The number of rotatable bonds is 3. The molecule has 102 valence electrons. The Labute approximate surface area is 123 Å². The molecule has 0 saturated carbocycles. The molecule has 2 aromatic carbocycles. The van der Waals surface area contributed by atoms with E-state index in [1.54, 1.807) is 12.2 Å². The van der Waals surface area contributed by atoms with Crippen LogP contribution in [0.2, 0.25) is 0 Å². The second-order valence-corrected chi connectivity index (χ2v) is 4.65. The van der Waals surface area contributed by atoms with Gasteiger partial charge in [-0.2, -0.15) is 0 Å². The third kappa shape index (κ3) is 3.18. The second-order valence-electron chi connectivity index (χ2n) is 4.65. The van der Waals surface area contributed by atoms with Crippen LogP contribution in [0.1, 0.15) is 11.1 Å². The minimum absolute atomic E-state index is 0.305. The molecule has 3 rings (SSSR count). The first-order chi connectivity index (χ1) is 10.3. The number of carbonyl (C=O) groups excluding carboxylic acids is 1. The Balaban J connectivity index is 1.79. The van der Waals surface area contributed by atoms with Gasteiger partial charge < -0.3 is 4.74 Å². The number of hydrogen-bond donors (Lipinski definition) is 0. The van der Waals surface area contributed by atoms with Gasteiger partial charge in [-0.15, -0.1) is 0 Å². The number of ether oxygens (including phenoxy) is 1. The number of benzene rings is 2. The third-order valence-corrected chi connectivity index (χ3v) is 3.15. The smallest absolute Gasteiger partial charge is 0.344 e. The molecule has 0 aromatic heterocycles. The molecular weight excluding hydrogens is 260 g/mol. The summed E-state index contributed by atoms with van der Waals surface area (Å²) >= 11 is 0. The summed E-state index contributed by atoms with van der Waals surface area (Å²) in [6, 6.07) is 19.5. The van der Waals surface area contributed by atoms with Gasteiger partial charge in [-0.1, -0.05) is 72.8 Å². The maximum atomic E-state index is 11.9. The van der Waals surface area contributed by atoms with Crippen molar-refractivity contribution in [3.63, 3.8) is 0 Å². The molecule has 0 radical (unpaired) electrons. The molecule has 0 atom stereocenters. The van der Waals surface area contributed by atoms with Crippen LogP contribution in [0.4, 0.5) is 0 Å². The normalized spacial score (nSPS) is 16.3. The summed E-state index contributed by atoms with van der Waals surface area (Å²) in [5, 5.41) is 0. The molecule has 0 spiro atoms. The van der Waals surface area contributed by atoms with E-state index in [0.29, 0.717) is 11.3 Å². The molecule has 0 unspecified atom stereocenters. The topological polar surface area (TPSA) is 26.3 Å². The molecule has 2 heteroatoms. The van der Waals surface area contributed by atoms with Gasteiger partial charge in [-0.05, 0) is 23.3 Å². The van der Waals surface area contributed by atoms with Gasteiger partial charge in [0, 0.05) is 0 Å². The van der Waals surface area contributed by atoms with Crippen molar-refractivity contribution in [2.24, 2.45) is 0 Å². The number of cyclic esters (lactones) is 1. The van der Waals surface area contributed by atoms with E-state index in [-0.39, 0.29) is 5.97 Å². The average Bonchev–Trinajstić information content (AvgIpc) is 2.90. The molecular formula is C19H14O2. The minimum atomic E-state index is -0.305. The van der Waals surface area contributed by atoms with Crippen molar-refractivity contribution >= 4 is 17.6 Å². The van der Waals surface area contributed by atoms with Gasteiger partial charge in [0.15, 0.2) is 0 Å². The fraction of sp³-hybridized carbons (Fsp3) is 0. The molecule has 2 nitrogen and oxygen atoms in total. The Bertz CT molecular complexity index is 723. The monoisotopic (exact) mass is 274 g/mol. The fourth-order valence-electron chi connectivity index (χ4n) is 2.11. The van der Waals surface area contributed by atoms with Gasteiger partial charge in [0.2, 0.25) is 0 Å². The largest absolute Gasteiger partial charge is 0.423 e. The van der Waals surface area contributed by atoms with Gasteiger partial charge >= 0.3 is 5.97 Å². The molecule has 0 amide bonds. The Morgan fingerprint density at radius 2 is 1.52 bits per heavy atom. The molecule has 1 aliphatic rings. The summed E-state index contributed by atoms with van der Waals surface area (Å²) in [6.45, 7) is 0. The van der Waals surface area contributed by atoms with Crippen molar-refractivity contribution in [2.45, 2.75) is 0 Å². The summed E-state index contributed by atoms with van der Waals surface area (Å²) in [7, 11) is 0. The van der Waals surface area contributed by atoms with E-state index in [2.05, 4.69) is 0 Å². The summed E-state index contributed by atoms with van der Waals surface area (Å²) in [5.41, 5.74) is 2.57. The van der Waals surface area contributed by atoms with E-state index in [0.717, 1.165) is 11.1 Å². The molecule has 1 heterocycles. The van der Waals surface area contributed by atoms with Crippen LogP contribution in [0.15, 0.2) is 84.7 Å². The molecule has 2 aromatic rings. The zero-order chi connectivity index (χ0) is 14.5. The molecule has 0 N–H and O–H groups in total. The van der Waals surface area contributed by atoms with Crippen molar-refractivity contribution in [1.82, 2.24) is 0 Å². The molecule has 21 heavy (non-hydrogen) atoms. The van der Waals surface area contributed by atoms with Gasteiger partial charge in [0.1, 0.15) is 5.76 Å². The van der Waals surface area contributed by atoms with Crippen molar-refractivity contribution in [1.29, 1.82) is 0 Å². The lowest BCUT2D eigenvalue weighted by atomic mass is 10.1. The highest BCUT2D eigenvalue weighted by molar-refractivity contribution is 6.19. The van der Waals surface area contributed by atoms with E-state index < -0.39 is 0 Å². The standard InChI is InChI=1S/C19H14O2/c20-19-18(16-11-5-2-6-12-16)14-17(21-19)13-7-10-15-8-3-1-4-9-15/h1-14H/b10-7+,17-13-. The van der Waals surface area contributed by atoms with E-state index in [4.69, 9.17) is 4.74 Å². The van der Waals surface area contributed by atoms with Crippen LogP contribution >= 0.6 is 0 Å². The maximum absolute atomic E-state index is 11.9. The molecule has 0 bridgehead atoms. The summed E-state index contributed by atoms with van der Waals surface area (Å²) in [6.07, 6.45) is 7.41. The van der Waals surface area contributed by atoms with Crippen LogP contribution < -0.4 is 0 Å². The molecule has 0 saturated heterocycles. The zero-order valence-corrected chi connectivity index (χ0v) is 11.4. The van der Waals surface area contributed by atoms with Crippen LogP contribution in [0.25, 0.3) is 11.6 Å². The number of allylic oxidation sites excluding steroid dienone is 3. The lowest BCUT2D eigenvalue weighted by Gasteiger charge is -1.97. The quantitative estimate of drug-likeness (QED) is 0.783. The molecule has 0 fully saturated rings. The number of esters is 1. The van der Waals surface area contributed by atoms with Gasteiger partial charge in [-0.25, -0.2) is 4.79 Å². The van der Waals surface area contributed by atoms with Gasteiger partial charge in [0.25, 0.3) is 0 Å². The predicted molar refractivity (Wildman–Crippen MR) is 84.1 cm³/mol. The average molecular weight is 274 g/mol. The van der Waals surface area contributed by atoms with E-state index >= 15 is 0 Å². The minimum Gasteiger partial charge on any atom is -0.423 e. The summed E-state index contributed by atoms with van der Waals surface area (Å²) < 4.78 is 5.24. The maximum Gasteiger partial charge on any atom is 0.344 e. The Morgan fingerprint density at radius 1 is 0.857 bits per heavy atom. The number of hydrogen-bond acceptors (Lipinski definition) is 2. The zero-order valence-electron chi connectivity index (χ0n) is 11.4. The lowest BCUT2D eigenvalue weighted by Crippen LogP contribution is -1.97. The summed E-state index contributed by atoms with van der Waals surface area (Å²) in [5.74, 6) is 0.256. The van der Waals surface area contributed by atoms with Crippen molar-refractivity contribution in [3.05, 3.63) is 95.8 Å². The SMILES string of the molecule is O=C1O/C(=C\C=C\c2ccccc2)C=C1c1ccccc1. The third-order valence-electron chi connectivity index (χ3n) is 3.15. The van der Waals surface area contributed by atoms with Crippen molar-refractivity contribution in [3.8, 4) is 0 Å². The van der Waals surface area contributed by atoms with E-state index in [1.807, 2.05) is 72.8 Å². The number of carbonyl (C=O) groups is 1. The van der Waals surface area contributed by atoms with Gasteiger partial charge in [0.05, 0.1) is 5.57 Å². The van der Waals surface area contributed by atoms with Gasteiger partial charge in [-0.3, -0.25) is 0 Å². The first-order valence-electron chi connectivity index (χ1n) is 6.76. The Kier molecular flexibility index (Phi) is 3.79. The molecule has 0 aliphatic carbocycles. The first kappa shape index (κ1) is 13.1. The first-order valence-corrected chi connectivity index (χ1v) is 6.76. The summed E-state index contributed by atoms with van der Waals surface area (Å²) in [4.78, 5) is 11.9. The molecule has 1 aliphatic heterocycles. The highest BCUT2D eigenvalue weighted by Crippen LogP contribution is 2.25. The van der Waals surface area contributed by atoms with Crippen molar-refractivity contribution < 1.29 is 9.53 Å². The predicted octanol–water partition coefficient (Wildman–Crippen LogP) is 4.22. The van der Waals surface area contributed by atoms with Crippen LogP contribution in [-0.4, -0.2) is 5.97 Å². The van der Waals surface area contributed by atoms with E-state index in [9.17, 15) is 4.79 Å². The Hall–Kier alpha value is -2.87. The van der Waals surface area contributed by atoms with Crippen LogP contribution in [-0.2, 0) is 9.53 Å². The highest BCUT2D eigenvalue weighted by Gasteiger charge is 2.21. The van der Waals surface area contributed by atoms with E-state index in [1.165, 1.54) is 0 Å². The Morgan fingerprint density at radius 3 is 2.24 bits per heavy atom. The highest BCUT2D eigenvalue weighted by atomic mass is 16.5. The van der Waals surface area contributed by atoms with Crippen molar-refractivity contribution in [2.75, 3.05) is 0 Å². The second kappa shape index (κ2) is 6.06.